The Labute approximate surface area is 128 Å². The summed E-state index contributed by atoms with van der Waals surface area (Å²) < 4.78 is 0. The van der Waals surface area contributed by atoms with Crippen LogP contribution >= 0.6 is 0 Å². The van der Waals surface area contributed by atoms with Crippen molar-refractivity contribution in [3.63, 3.8) is 0 Å². The Balaban J connectivity index is 2.31. The fourth-order valence-corrected chi connectivity index (χ4v) is 3.50. The van der Waals surface area contributed by atoms with Crippen molar-refractivity contribution >= 4 is 11.8 Å². The summed E-state index contributed by atoms with van der Waals surface area (Å²) in [6.45, 7) is 10.8. The lowest BCUT2D eigenvalue weighted by molar-refractivity contribution is -0.164. The molecule has 0 unspecified atom stereocenters. The molecular weight excluding hydrogens is 264 g/mol. The van der Waals surface area contributed by atoms with Crippen LogP contribution in [0.2, 0.25) is 0 Å². The minimum Gasteiger partial charge on any atom is -0.340 e. The summed E-state index contributed by atoms with van der Waals surface area (Å²) in [5.74, 6) is 0.133. The molecule has 1 spiro atoms. The van der Waals surface area contributed by atoms with Crippen LogP contribution in [0, 0.1) is 5.41 Å². The number of nitrogens with one attached hydrogen (secondary N) is 1. The second-order valence-corrected chi connectivity index (χ2v) is 8.44. The smallest absolute Gasteiger partial charge is 0.248 e. The minimum atomic E-state index is -0.780. The average molecular weight is 294 g/mol. The second-order valence-electron chi connectivity index (χ2n) is 8.44. The van der Waals surface area contributed by atoms with E-state index >= 15 is 0 Å². The molecule has 4 nitrogen and oxygen atoms in total. The van der Waals surface area contributed by atoms with Gasteiger partial charge in [-0.05, 0) is 38.5 Å². The number of piperazine rings is 1. The summed E-state index contributed by atoms with van der Waals surface area (Å²) in [7, 11) is 0. The van der Waals surface area contributed by atoms with Crippen molar-refractivity contribution in [3.05, 3.63) is 0 Å². The van der Waals surface area contributed by atoms with E-state index in [1.165, 1.54) is 6.42 Å². The highest BCUT2D eigenvalue weighted by Crippen LogP contribution is 2.39. The molecule has 1 saturated heterocycles. The van der Waals surface area contributed by atoms with Gasteiger partial charge in [0, 0.05) is 6.54 Å². The lowest BCUT2D eigenvalue weighted by atomic mass is 9.75. The van der Waals surface area contributed by atoms with Gasteiger partial charge < -0.3 is 10.2 Å². The Hall–Kier alpha value is -1.06. The van der Waals surface area contributed by atoms with Gasteiger partial charge in [-0.25, -0.2) is 0 Å². The molecule has 4 heteroatoms. The third kappa shape index (κ3) is 3.09. The van der Waals surface area contributed by atoms with Crippen molar-refractivity contribution in [2.24, 2.45) is 5.41 Å². The fourth-order valence-electron chi connectivity index (χ4n) is 3.50. The summed E-state index contributed by atoms with van der Waals surface area (Å²) in [5, 5.41) is 2.96. The van der Waals surface area contributed by atoms with Gasteiger partial charge in [-0.15, -0.1) is 0 Å². The molecule has 0 bridgehead atoms. The quantitative estimate of drug-likeness (QED) is 0.851. The zero-order chi connectivity index (χ0) is 15.9. The van der Waals surface area contributed by atoms with Crippen LogP contribution in [0.5, 0.6) is 0 Å². The van der Waals surface area contributed by atoms with Gasteiger partial charge >= 0.3 is 0 Å². The van der Waals surface area contributed by atoms with Gasteiger partial charge in [-0.1, -0.05) is 40.0 Å². The zero-order valence-corrected chi connectivity index (χ0v) is 14.2. The lowest BCUT2D eigenvalue weighted by Gasteiger charge is -2.52. The van der Waals surface area contributed by atoms with Crippen LogP contribution in [0.1, 0.15) is 73.1 Å². The molecule has 0 radical (unpaired) electrons. The summed E-state index contributed by atoms with van der Waals surface area (Å²) >= 11 is 0. The van der Waals surface area contributed by atoms with Crippen LogP contribution < -0.4 is 5.32 Å². The van der Waals surface area contributed by atoms with Crippen LogP contribution in [0.15, 0.2) is 0 Å². The zero-order valence-electron chi connectivity index (χ0n) is 14.2. The molecular formula is C17H30N2O2. The summed E-state index contributed by atoms with van der Waals surface area (Å²) in [4.78, 5) is 27.6. The van der Waals surface area contributed by atoms with E-state index in [2.05, 4.69) is 26.1 Å². The van der Waals surface area contributed by atoms with E-state index in [0.29, 0.717) is 6.54 Å². The molecule has 21 heavy (non-hydrogen) atoms. The Bertz CT molecular complexity index is 429. The van der Waals surface area contributed by atoms with Crippen LogP contribution in [-0.2, 0) is 9.59 Å². The molecule has 120 valence electrons. The molecule has 0 aromatic heterocycles. The molecule has 0 atom stereocenters. The van der Waals surface area contributed by atoms with Gasteiger partial charge in [0.05, 0.1) is 0 Å². The van der Waals surface area contributed by atoms with E-state index in [1.807, 2.05) is 18.7 Å². The number of carbonyl (C=O) groups is 2. The molecule has 2 fully saturated rings. The largest absolute Gasteiger partial charge is 0.340 e. The Kier molecular flexibility index (Phi) is 4.11. The summed E-state index contributed by atoms with van der Waals surface area (Å²) in [6.07, 6.45) is 5.78. The van der Waals surface area contributed by atoms with Crippen LogP contribution in [0.4, 0.5) is 0 Å². The van der Waals surface area contributed by atoms with E-state index in [4.69, 9.17) is 0 Å². The van der Waals surface area contributed by atoms with Crippen molar-refractivity contribution < 1.29 is 9.59 Å². The Morgan fingerprint density at radius 3 is 2.19 bits per heavy atom. The van der Waals surface area contributed by atoms with Gasteiger partial charge in [0.2, 0.25) is 11.8 Å². The minimum absolute atomic E-state index is 0.0562. The fraction of sp³-hybridized carbons (Fsp3) is 0.882. The molecule has 1 aliphatic heterocycles. The molecule has 1 heterocycles. The number of carbonyl (C=O) groups excluding carboxylic acids is 2. The number of hydrogen-bond donors (Lipinski definition) is 1. The van der Waals surface area contributed by atoms with Crippen LogP contribution in [-0.4, -0.2) is 34.3 Å². The number of hydrogen-bond acceptors (Lipinski definition) is 2. The molecule has 0 aromatic carbocycles. The first-order valence-corrected chi connectivity index (χ1v) is 8.23. The predicted octanol–water partition coefficient (Wildman–Crippen LogP) is 2.86. The van der Waals surface area contributed by atoms with Crippen LogP contribution in [0.25, 0.3) is 0 Å². The summed E-state index contributed by atoms with van der Waals surface area (Å²) in [5.41, 5.74) is -1.21. The maximum Gasteiger partial charge on any atom is 0.248 e. The highest BCUT2D eigenvalue weighted by molar-refractivity contribution is 6.01. The predicted molar refractivity (Wildman–Crippen MR) is 83.8 cm³/mol. The molecule has 2 aliphatic rings. The molecule has 2 rings (SSSR count). The van der Waals surface area contributed by atoms with Gasteiger partial charge in [0.1, 0.15) is 11.1 Å². The molecule has 2 amide bonds. The van der Waals surface area contributed by atoms with Gasteiger partial charge in [-0.3, -0.25) is 9.59 Å². The molecule has 0 aromatic rings. The Morgan fingerprint density at radius 2 is 1.67 bits per heavy atom. The summed E-state index contributed by atoms with van der Waals surface area (Å²) in [6, 6.07) is 0. The lowest BCUT2D eigenvalue weighted by Crippen LogP contribution is -2.74. The standard InChI is InChI=1S/C17H30N2O2/c1-15(2,3)11-12-19-14(21)16(4,5)18-13(20)17(19)9-7-6-8-10-17/h6-12H2,1-5H3,(H,18,20). The first kappa shape index (κ1) is 16.3. The first-order valence-electron chi connectivity index (χ1n) is 8.23. The van der Waals surface area contributed by atoms with E-state index in [9.17, 15) is 9.59 Å². The van der Waals surface area contributed by atoms with E-state index < -0.39 is 11.1 Å². The van der Waals surface area contributed by atoms with Crippen LogP contribution in [0.3, 0.4) is 0 Å². The number of amides is 2. The van der Waals surface area contributed by atoms with Crippen molar-refractivity contribution in [1.29, 1.82) is 0 Å². The van der Waals surface area contributed by atoms with Crippen molar-refractivity contribution in [2.75, 3.05) is 6.54 Å². The maximum absolute atomic E-state index is 12.9. The number of rotatable bonds is 2. The third-order valence-electron chi connectivity index (χ3n) is 4.91. The van der Waals surface area contributed by atoms with Gasteiger partial charge in [0.15, 0.2) is 0 Å². The van der Waals surface area contributed by atoms with E-state index in [0.717, 1.165) is 32.1 Å². The van der Waals surface area contributed by atoms with E-state index in [-0.39, 0.29) is 17.2 Å². The van der Waals surface area contributed by atoms with Gasteiger partial charge in [0.25, 0.3) is 0 Å². The molecule has 1 N–H and O–H groups in total. The normalized spacial score (nSPS) is 25.1. The maximum atomic E-state index is 12.9. The Morgan fingerprint density at radius 1 is 1.10 bits per heavy atom. The molecule has 1 saturated carbocycles. The van der Waals surface area contributed by atoms with Crippen molar-refractivity contribution in [2.45, 2.75) is 84.2 Å². The highest BCUT2D eigenvalue weighted by Gasteiger charge is 2.55. The second kappa shape index (κ2) is 5.29. The number of nitrogens with zero attached hydrogens (tertiary/aromatic N) is 1. The van der Waals surface area contributed by atoms with E-state index in [1.54, 1.807) is 0 Å². The SMILES string of the molecule is CC(C)(C)CCN1C(=O)C(C)(C)NC(=O)C12CCCCC2. The monoisotopic (exact) mass is 294 g/mol. The van der Waals surface area contributed by atoms with Gasteiger partial charge in [-0.2, -0.15) is 0 Å². The van der Waals surface area contributed by atoms with Crippen molar-refractivity contribution in [3.8, 4) is 0 Å². The first-order chi connectivity index (χ1) is 9.58. The average Bonchev–Trinajstić information content (AvgIpc) is 2.36. The molecule has 1 aliphatic carbocycles. The third-order valence-corrected chi connectivity index (χ3v) is 4.91. The highest BCUT2D eigenvalue weighted by atomic mass is 16.2. The topological polar surface area (TPSA) is 49.4 Å². The van der Waals surface area contributed by atoms with Crippen molar-refractivity contribution in [1.82, 2.24) is 10.2 Å².